The van der Waals surface area contributed by atoms with Crippen LogP contribution in [0.25, 0.3) is 0 Å². The van der Waals surface area contributed by atoms with Crippen molar-refractivity contribution >= 4 is 29.3 Å². The molecule has 2 aromatic carbocycles. The zero-order valence-electron chi connectivity index (χ0n) is 16.7. The molecule has 0 N–H and O–H groups in total. The largest absolute Gasteiger partial charge is 0.468 e. The lowest BCUT2D eigenvalue weighted by molar-refractivity contribution is -0.147. The van der Waals surface area contributed by atoms with Crippen LogP contribution in [-0.2, 0) is 20.7 Å². The van der Waals surface area contributed by atoms with Gasteiger partial charge in [-0.1, -0.05) is 54.2 Å². The summed E-state index contributed by atoms with van der Waals surface area (Å²) in [4.78, 5) is 31.9. The molecule has 2 aliphatic rings. The molecule has 1 amide bonds. The summed E-state index contributed by atoms with van der Waals surface area (Å²) in [6.07, 6.45) is 2.72. The number of benzene rings is 2. The van der Waals surface area contributed by atoms with Gasteiger partial charge in [-0.2, -0.15) is 0 Å². The smallest absolute Gasteiger partial charge is 0.332 e. The molecule has 1 unspecified atom stereocenters. The van der Waals surface area contributed by atoms with E-state index in [1.165, 1.54) is 31.7 Å². The van der Waals surface area contributed by atoms with Crippen molar-refractivity contribution in [3.05, 3.63) is 60.2 Å². The molecule has 4 rings (SSSR count). The zero-order valence-corrected chi connectivity index (χ0v) is 17.5. The summed E-state index contributed by atoms with van der Waals surface area (Å²) in [5.74, 6) is -0.673. The lowest BCUT2D eigenvalue weighted by atomic mass is 9.96. The Bertz CT molecular complexity index is 883. The third-order valence-electron chi connectivity index (χ3n) is 5.68. The first-order chi connectivity index (χ1) is 14.1. The van der Waals surface area contributed by atoms with E-state index in [4.69, 9.17) is 4.74 Å². The Morgan fingerprint density at radius 1 is 1.03 bits per heavy atom. The lowest BCUT2D eigenvalue weighted by Crippen LogP contribution is -2.57. The van der Waals surface area contributed by atoms with Gasteiger partial charge in [0.2, 0.25) is 4.75 Å². The van der Waals surface area contributed by atoms with Crippen LogP contribution in [0.3, 0.4) is 0 Å². The normalized spacial score (nSPS) is 21.8. The number of anilines is 1. The summed E-state index contributed by atoms with van der Waals surface area (Å²) < 4.78 is 3.85. The van der Waals surface area contributed by atoms with E-state index in [9.17, 15) is 9.59 Å². The number of fused-ring (bicyclic) bond motifs is 1. The highest BCUT2D eigenvalue weighted by Crippen LogP contribution is 2.47. The van der Waals surface area contributed by atoms with Crippen molar-refractivity contribution < 1.29 is 14.3 Å². The number of carbonyl (C=O) groups excluding carboxylic acids is 2. The maximum Gasteiger partial charge on any atom is 0.332 e. The van der Waals surface area contributed by atoms with Crippen LogP contribution in [0.15, 0.2) is 59.5 Å². The first kappa shape index (κ1) is 20.0. The number of hydrogen-bond donors (Lipinski definition) is 0. The Hall–Kier alpha value is -2.31. The molecule has 0 aromatic heterocycles. The number of esters is 1. The van der Waals surface area contributed by atoms with Gasteiger partial charge < -0.3 is 14.5 Å². The predicted molar refractivity (Wildman–Crippen MR) is 115 cm³/mol. The van der Waals surface area contributed by atoms with Crippen LogP contribution < -0.4 is 4.90 Å². The molecule has 0 saturated carbocycles. The minimum atomic E-state index is -1.31. The summed E-state index contributed by atoms with van der Waals surface area (Å²) in [6, 6.07) is 17.5. The number of carbonyl (C=O) groups is 2. The quantitative estimate of drug-likeness (QED) is 0.540. The standard InChI is InChI=1S/C23H26N2O3S/c1-28-22(27)23(17-18-9-3-2-4-10-18)21(26)25(16-15-24-13-7-8-14-24)19-11-5-6-12-20(19)29-23/h2-6,9-12H,7-8,13-17H2,1H3. The Morgan fingerprint density at radius 2 is 1.72 bits per heavy atom. The second kappa shape index (κ2) is 8.59. The highest BCUT2D eigenvalue weighted by Gasteiger charge is 2.54. The molecular formula is C23H26N2O3S. The number of likely N-dealkylation sites (tertiary alicyclic amines) is 1. The van der Waals surface area contributed by atoms with Crippen molar-refractivity contribution in [3.8, 4) is 0 Å². The summed E-state index contributed by atoms with van der Waals surface area (Å²) in [5, 5.41) is 0. The van der Waals surface area contributed by atoms with Gasteiger partial charge in [-0.15, -0.1) is 0 Å². The molecule has 2 aromatic rings. The Kier molecular flexibility index (Phi) is 5.92. The van der Waals surface area contributed by atoms with Gasteiger partial charge in [0.05, 0.1) is 12.8 Å². The van der Waals surface area contributed by atoms with E-state index in [-0.39, 0.29) is 5.91 Å². The van der Waals surface area contributed by atoms with E-state index in [2.05, 4.69) is 4.90 Å². The van der Waals surface area contributed by atoms with Gasteiger partial charge in [0.15, 0.2) is 0 Å². The molecule has 0 radical (unpaired) electrons. The first-order valence-corrected chi connectivity index (χ1v) is 10.9. The molecule has 1 atom stereocenters. The van der Waals surface area contributed by atoms with Gasteiger partial charge in [0.25, 0.3) is 5.91 Å². The van der Waals surface area contributed by atoms with Gasteiger partial charge in [-0.05, 0) is 43.6 Å². The van der Waals surface area contributed by atoms with Gasteiger partial charge in [0, 0.05) is 24.4 Å². The van der Waals surface area contributed by atoms with Crippen molar-refractivity contribution in [2.75, 3.05) is 38.2 Å². The number of ether oxygens (including phenoxy) is 1. The van der Waals surface area contributed by atoms with Crippen LogP contribution >= 0.6 is 11.8 Å². The number of rotatable bonds is 6. The number of nitrogens with zero attached hydrogens (tertiary/aromatic N) is 2. The minimum Gasteiger partial charge on any atom is -0.468 e. The van der Waals surface area contributed by atoms with E-state index in [1.807, 2.05) is 54.6 Å². The fourth-order valence-corrected chi connectivity index (χ4v) is 5.56. The van der Waals surface area contributed by atoms with Gasteiger partial charge in [-0.25, -0.2) is 4.79 Å². The molecular weight excluding hydrogens is 384 g/mol. The molecule has 0 bridgehead atoms. The van der Waals surface area contributed by atoms with Crippen LogP contribution in [0.2, 0.25) is 0 Å². The summed E-state index contributed by atoms with van der Waals surface area (Å²) in [5.41, 5.74) is 1.83. The summed E-state index contributed by atoms with van der Waals surface area (Å²) >= 11 is 1.32. The summed E-state index contributed by atoms with van der Waals surface area (Å²) in [6.45, 7) is 3.53. The van der Waals surface area contributed by atoms with Gasteiger partial charge in [0.1, 0.15) is 0 Å². The Morgan fingerprint density at radius 3 is 2.45 bits per heavy atom. The van der Waals surface area contributed by atoms with E-state index >= 15 is 0 Å². The number of para-hydroxylation sites is 1. The number of amides is 1. The van der Waals surface area contributed by atoms with Crippen LogP contribution in [0, 0.1) is 0 Å². The number of hydrogen-bond acceptors (Lipinski definition) is 5. The lowest BCUT2D eigenvalue weighted by Gasteiger charge is -2.40. The molecule has 2 aliphatic heterocycles. The average Bonchev–Trinajstić information content (AvgIpc) is 3.27. The molecule has 6 heteroatoms. The van der Waals surface area contributed by atoms with Crippen molar-refractivity contribution in [1.29, 1.82) is 0 Å². The van der Waals surface area contributed by atoms with Crippen LogP contribution in [0.4, 0.5) is 5.69 Å². The monoisotopic (exact) mass is 410 g/mol. The van der Waals surface area contributed by atoms with Crippen LogP contribution in [0.1, 0.15) is 18.4 Å². The van der Waals surface area contributed by atoms with Crippen molar-refractivity contribution in [1.82, 2.24) is 4.90 Å². The average molecular weight is 411 g/mol. The molecule has 1 fully saturated rings. The van der Waals surface area contributed by atoms with Crippen LogP contribution in [-0.4, -0.2) is 54.8 Å². The Balaban J connectivity index is 1.71. The fourth-order valence-electron chi connectivity index (χ4n) is 4.16. The molecule has 1 saturated heterocycles. The SMILES string of the molecule is COC(=O)C1(Cc2ccccc2)Sc2ccccc2N(CCN2CCCC2)C1=O. The topological polar surface area (TPSA) is 49.9 Å². The maximum atomic E-state index is 13.8. The van der Waals surface area contributed by atoms with Gasteiger partial charge in [-0.3, -0.25) is 4.79 Å². The highest BCUT2D eigenvalue weighted by molar-refractivity contribution is 8.02. The number of thioether (sulfide) groups is 1. The molecule has 5 nitrogen and oxygen atoms in total. The maximum absolute atomic E-state index is 13.8. The first-order valence-electron chi connectivity index (χ1n) is 10.1. The predicted octanol–water partition coefficient (Wildman–Crippen LogP) is 3.38. The van der Waals surface area contributed by atoms with E-state index in [0.717, 1.165) is 35.8 Å². The van der Waals surface area contributed by atoms with Crippen molar-refractivity contribution in [3.63, 3.8) is 0 Å². The molecule has 152 valence electrons. The molecule has 0 aliphatic carbocycles. The third-order valence-corrected chi connectivity index (χ3v) is 7.08. The van der Waals surface area contributed by atoms with Crippen molar-refractivity contribution in [2.24, 2.45) is 0 Å². The summed E-state index contributed by atoms with van der Waals surface area (Å²) in [7, 11) is 1.36. The van der Waals surface area contributed by atoms with E-state index in [1.54, 1.807) is 4.90 Å². The van der Waals surface area contributed by atoms with Crippen LogP contribution in [0.5, 0.6) is 0 Å². The second-order valence-electron chi connectivity index (χ2n) is 7.56. The molecule has 0 spiro atoms. The second-order valence-corrected chi connectivity index (χ2v) is 8.90. The third kappa shape index (κ3) is 3.91. The fraction of sp³-hybridized carbons (Fsp3) is 0.391. The molecule has 29 heavy (non-hydrogen) atoms. The van der Waals surface area contributed by atoms with Gasteiger partial charge >= 0.3 is 5.97 Å². The minimum absolute atomic E-state index is 0.184. The molecule has 2 heterocycles. The number of methoxy groups -OCH3 is 1. The Labute approximate surface area is 176 Å². The van der Waals surface area contributed by atoms with E-state index in [0.29, 0.717) is 13.0 Å². The van der Waals surface area contributed by atoms with Crippen molar-refractivity contribution in [2.45, 2.75) is 28.9 Å². The highest BCUT2D eigenvalue weighted by atomic mass is 32.2. The zero-order chi connectivity index (χ0) is 20.3. The van der Waals surface area contributed by atoms with E-state index < -0.39 is 10.7 Å².